The Morgan fingerprint density at radius 2 is 1.81 bits per heavy atom. The van der Waals surface area contributed by atoms with Gasteiger partial charge >= 0.3 is 0 Å². The van der Waals surface area contributed by atoms with Crippen LogP contribution in [0.15, 0.2) is 48.5 Å². The Morgan fingerprint density at radius 3 is 2.47 bits per heavy atom. The van der Waals surface area contributed by atoms with Crippen LogP contribution in [0, 0.1) is 5.92 Å². The fourth-order valence-electron chi connectivity index (χ4n) is 4.20. The second-order valence-corrected chi connectivity index (χ2v) is 9.11. The molecule has 0 fully saturated rings. The second kappa shape index (κ2) is 12.5. The fraction of sp³-hybridized carbons (Fsp3) is 0.444. The number of amides is 3. The van der Waals surface area contributed by atoms with Crippen molar-refractivity contribution in [1.29, 1.82) is 0 Å². The lowest BCUT2D eigenvalue weighted by molar-refractivity contribution is -0.139. The lowest BCUT2D eigenvalue weighted by Crippen LogP contribution is -2.49. The molecule has 0 bridgehead atoms. The minimum absolute atomic E-state index is 0.0336. The molecule has 9 heteroatoms. The number of benzene rings is 2. The Labute approximate surface area is 212 Å². The van der Waals surface area contributed by atoms with E-state index in [4.69, 9.17) is 14.2 Å². The third-order valence-corrected chi connectivity index (χ3v) is 6.33. The molecule has 36 heavy (non-hydrogen) atoms. The number of nitrogens with one attached hydrogen (secondary N) is 1. The number of fused-ring (bicyclic) bond motifs is 1. The predicted molar refractivity (Wildman–Crippen MR) is 136 cm³/mol. The highest BCUT2D eigenvalue weighted by atomic mass is 16.5. The smallest absolute Gasteiger partial charge is 0.257 e. The van der Waals surface area contributed by atoms with Crippen LogP contribution in [-0.4, -0.2) is 87.2 Å². The first-order chi connectivity index (χ1) is 17.2. The molecule has 1 aliphatic rings. The summed E-state index contributed by atoms with van der Waals surface area (Å²) in [6.07, 6.45) is -0.297. The third-order valence-electron chi connectivity index (χ3n) is 6.33. The van der Waals surface area contributed by atoms with Crippen LogP contribution in [0.5, 0.6) is 5.75 Å². The molecular weight excluding hydrogens is 462 g/mol. The van der Waals surface area contributed by atoms with E-state index in [0.29, 0.717) is 35.7 Å². The summed E-state index contributed by atoms with van der Waals surface area (Å²) < 4.78 is 16.8. The first-order valence-electron chi connectivity index (χ1n) is 11.9. The number of carbonyl (C=O) groups excluding carboxylic acids is 3. The SMILES string of the molecule is COCC(=O)N1C[C@H](C)[C@H](OC)CN(C)C(=O)c2cc(NC(=O)c3ccccc3)ccc2OC[C@H]1C. The molecule has 3 amide bonds. The van der Waals surface area contributed by atoms with Crippen LogP contribution in [0.3, 0.4) is 0 Å². The molecule has 3 atom stereocenters. The molecule has 9 nitrogen and oxygen atoms in total. The van der Waals surface area contributed by atoms with Crippen molar-refractivity contribution in [2.45, 2.75) is 26.0 Å². The zero-order valence-corrected chi connectivity index (χ0v) is 21.5. The average molecular weight is 498 g/mol. The molecule has 0 radical (unpaired) electrons. The first kappa shape index (κ1) is 27.2. The molecule has 2 aromatic rings. The van der Waals surface area contributed by atoms with Gasteiger partial charge in [-0.1, -0.05) is 25.1 Å². The quantitative estimate of drug-likeness (QED) is 0.682. The molecule has 1 heterocycles. The lowest BCUT2D eigenvalue weighted by atomic mass is 10.0. The van der Waals surface area contributed by atoms with Crippen molar-refractivity contribution < 1.29 is 28.6 Å². The summed E-state index contributed by atoms with van der Waals surface area (Å²) in [5, 5.41) is 2.85. The number of carbonyl (C=O) groups is 3. The Hall–Kier alpha value is -3.43. The highest BCUT2D eigenvalue weighted by Crippen LogP contribution is 2.27. The van der Waals surface area contributed by atoms with Crippen molar-refractivity contribution in [3.63, 3.8) is 0 Å². The summed E-state index contributed by atoms with van der Waals surface area (Å²) in [6.45, 7) is 4.79. The van der Waals surface area contributed by atoms with E-state index in [1.807, 2.05) is 19.9 Å². The van der Waals surface area contributed by atoms with Gasteiger partial charge in [0, 0.05) is 51.5 Å². The van der Waals surface area contributed by atoms with Crippen LogP contribution >= 0.6 is 0 Å². The maximum atomic E-state index is 13.5. The van der Waals surface area contributed by atoms with E-state index in [2.05, 4.69) is 5.32 Å². The molecule has 0 spiro atoms. The number of methoxy groups -OCH3 is 2. The molecule has 0 saturated heterocycles. The van der Waals surface area contributed by atoms with Gasteiger partial charge in [-0.2, -0.15) is 0 Å². The maximum Gasteiger partial charge on any atom is 0.257 e. The van der Waals surface area contributed by atoms with E-state index in [1.54, 1.807) is 66.4 Å². The van der Waals surface area contributed by atoms with Crippen molar-refractivity contribution in [3.05, 3.63) is 59.7 Å². The van der Waals surface area contributed by atoms with Crippen molar-refractivity contribution >= 4 is 23.4 Å². The van der Waals surface area contributed by atoms with Crippen molar-refractivity contribution in [2.24, 2.45) is 5.92 Å². The lowest BCUT2D eigenvalue weighted by Gasteiger charge is -2.36. The summed E-state index contributed by atoms with van der Waals surface area (Å²) in [5.74, 6) is -0.353. The van der Waals surface area contributed by atoms with E-state index in [-0.39, 0.29) is 49.0 Å². The summed E-state index contributed by atoms with van der Waals surface area (Å²) >= 11 is 0. The van der Waals surface area contributed by atoms with Crippen LogP contribution in [0.4, 0.5) is 5.69 Å². The van der Waals surface area contributed by atoms with E-state index in [9.17, 15) is 14.4 Å². The van der Waals surface area contributed by atoms with Crippen LogP contribution in [0.2, 0.25) is 0 Å². The zero-order chi connectivity index (χ0) is 26.2. The Morgan fingerprint density at radius 1 is 1.08 bits per heavy atom. The first-order valence-corrected chi connectivity index (χ1v) is 11.9. The van der Waals surface area contributed by atoms with Gasteiger partial charge in [0.1, 0.15) is 19.0 Å². The summed E-state index contributed by atoms with van der Waals surface area (Å²) in [6, 6.07) is 13.5. The van der Waals surface area contributed by atoms with E-state index >= 15 is 0 Å². The Bertz CT molecular complexity index is 1060. The highest BCUT2D eigenvalue weighted by Gasteiger charge is 2.30. The van der Waals surface area contributed by atoms with Gasteiger partial charge in [-0.25, -0.2) is 0 Å². The molecule has 2 aromatic carbocycles. The largest absolute Gasteiger partial charge is 0.491 e. The molecule has 0 saturated carbocycles. The highest BCUT2D eigenvalue weighted by molar-refractivity contribution is 6.05. The fourth-order valence-corrected chi connectivity index (χ4v) is 4.20. The topological polar surface area (TPSA) is 97.4 Å². The normalized spacial score (nSPS) is 21.0. The van der Waals surface area contributed by atoms with Gasteiger partial charge in [-0.3, -0.25) is 14.4 Å². The van der Waals surface area contributed by atoms with E-state index < -0.39 is 0 Å². The Balaban J connectivity index is 1.93. The molecule has 3 rings (SSSR count). The number of hydrogen-bond acceptors (Lipinski definition) is 6. The number of hydrogen-bond donors (Lipinski definition) is 1. The van der Waals surface area contributed by atoms with Crippen LogP contribution in [0.1, 0.15) is 34.6 Å². The molecule has 0 aliphatic carbocycles. The molecule has 194 valence electrons. The molecule has 0 aromatic heterocycles. The van der Waals surface area contributed by atoms with Crippen LogP contribution in [0.25, 0.3) is 0 Å². The van der Waals surface area contributed by atoms with Crippen molar-refractivity contribution in [3.8, 4) is 5.75 Å². The van der Waals surface area contributed by atoms with Crippen molar-refractivity contribution in [2.75, 3.05) is 52.9 Å². The third kappa shape index (κ3) is 6.61. The van der Waals surface area contributed by atoms with Crippen LogP contribution in [-0.2, 0) is 14.3 Å². The average Bonchev–Trinajstić information content (AvgIpc) is 2.88. The summed E-state index contributed by atoms with van der Waals surface area (Å²) in [4.78, 5) is 42.2. The maximum absolute atomic E-state index is 13.5. The molecular formula is C27H35N3O6. The number of nitrogens with zero attached hydrogens (tertiary/aromatic N) is 2. The molecule has 0 unspecified atom stereocenters. The Kier molecular flexibility index (Phi) is 9.44. The van der Waals surface area contributed by atoms with E-state index in [0.717, 1.165) is 0 Å². The van der Waals surface area contributed by atoms with Gasteiger partial charge in [0.25, 0.3) is 11.8 Å². The van der Waals surface area contributed by atoms with Gasteiger partial charge in [-0.05, 0) is 37.3 Å². The second-order valence-electron chi connectivity index (χ2n) is 9.11. The van der Waals surface area contributed by atoms with Gasteiger partial charge < -0.3 is 29.3 Å². The zero-order valence-electron chi connectivity index (χ0n) is 21.5. The van der Waals surface area contributed by atoms with Crippen LogP contribution < -0.4 is 10.1 Å². The summed E-state index contributed by atoms with van der Waals surface area (Å²) in [5.41, 5.74) is 1.30. The minimum Gasteiger partial charge on any atom is -0.491 e. The molecule has 1 N–H and O–H groups in total. The monoisotopic (exact) mass is 497 g/mol. The van der Waals surface area contributed by atoms with Gasteiger partial charge in [0.05, 0.1) is 17.7 Å². The van der Waals surface area contributed by atoms with E-state index in [1.165, 1.54) is 7.11 Å². The van der Waals surface area contributed by atoms with Gasteiger partial charge in [0.2, 0.25) is 5.91 Å². The number of anilines is 1. The van der Waals surface area contributed by atoms with Crippen molar-refractivity contribution in [1.82, 2.24) is 9.80 Å². The predicted octanol–water partition coefficient (Wildman–Crippen LogP) is 2.92. The number of rotatable bonds is 5. The molecule has 1 aliphatic heterocycles. The standard InChI is InChI=1S/C27H35N3O6/c1-18-14-30(25(31)17-34-4)19(2)16-36-23-12-11-21(28-26(32)20-9-7-6-8-10-20)13-22(23)27(33)29(3)15-24(18)35-5/h6-13,18-19,24H,14-17H2,1-5H3,(H,28,32)/t18-,19+,24+/m0/s1. The van der Waals surface area contributed by atoms with Gasteiger partial charge in [-0.15, -0.1) is 0 Å². The minimum atomic E-state index is -0.297. The summed E-state index contributed by atoms with van der Waals surface area (Å²) in [7, 11) is 4.79. The van der Waals surface area contributed by atoms with Gasteiger partial charge in [0.15, 0.2) is 0 Å². The number of likely N-dealkylation sites (N-methyl/N-ethyl adjacent to an activating group) is 1. The number of ether oxygens (including phenoxy) is 3.